The Hall–Kier alpha value is -0.910. The van der Waals surface area contributed by atoms with Gasteiger partial charge in [0.25, 0.3) is 5.91 Å². The predicted octanol–water partition coefficient (Wildman–Crippen LogP) is 2.25. The minimum atomic E-state index is 0.114. The Morgan fingerprint density at radius 1 is 1.50 bits per heavy atom. The zero-order valence-electron chi connectivity index (χ0n) is 9.32. The molecular formula is C11H14N2OS2. The topological polar surface area (TPSA) is 32.3 Å². The number of hydrogen-bond acceptors (Lipinski definition) is 4. The maximum absolute atomic E-state index is 12.0. The van der Waals surface area contributed by atoms with Gasteiger partial charge in [0, 0.05) is 29.5 Å². The number of nitrogens with zero attached hydrogens (tertiary/aromatic N) is 1. The van der Waals surface area contributed by atoms with Crippen molar-refractivity contribution in [1.29, 1.82) is 0 Å². The molecule has 2 aromatic heterocycles. The van der Waals surface area contributed by atoms with Crippen molar-refractivity contribution in [3.63, 3.8) is 0 Å². The molecule has 0 radical (unpaired) electrons. The van der Waals surface area contributed by atoms with Gasteiger partial charge in [0.2, 0.25) is 0 Å². The highest BCUT2D eigenvalue weighted by atomic mass is 32.1. The Morgan fingerprint density at radius 2 is 2.31 bits per heavy atom. The molecule has 86 valence electrons. The summed E-state index contributed by atoms with van der Waals surface area (Å²) in [5.74, 6) is 0.114. The highest BCUT2D eigenvalue weighted by molar-refractivity contribution is 7.27. The Bertz CT molecular complexity index is 460. The SMILES string of the molecule is CNCCN(C)C(=O)c1cc2sccc2s1. The van der Waals surface area contributed by atoms with Gasteiger partial charge < -0.3 is 10.2 Å². The van der Waals surface area contributed by atoms with Crippen LogP contribution in [0.4, 0.5) is 0 Å². The van der Waals surface area contributed by atoms with Crippen LogP contribution < -0.4 is 5.32 Å². The van der Waals surface area contributed by atoms with Crippen LogP contribution in [0.5, 0.6) is 0 Å². The number of rotatable bonds is 4. The van der Waals surface area contributed by atoms with Crippen molar-refractivity contribution in [1.82, 2.24) is 10.2 Å². The van der Waals surface area contributed by atoms with Gasteiger partial charge in [-0.05, 0) is 24.6 Å². The van der Waals surface area contributed by atoms with Gasteiger partial charge in [-0.2, -0.15) is 0 Å². The van der Waals surface area contributed by atoms with E-state index in [4.69, 9.17) is 0 Å². The van der Waals surface area contributed by atoms with Crippen LogP contribution >= 0.6 is 22.7 Å². The molecule has 0 aromatic carbocycles. The fraction of sp³-hybridized carbons (Fsp3) is 0.364. The molecule has 0 spiro atoms. The normalized spacial score (nSPS) is 10.9. The molecule has 0 saturated carbocycles. The zero-order chi connectivity index (χ0) is 11.5. The van der Waals surface area contributed by atoms with Crippen molar-refractivity contribution >= 4 is 38.0 Å². The molecule has 2 aromatic rings. The van der Waals surface area contributed by atoms with Gasteiger partial charge in [-0.15, -0.1) is 22.7 Å². The molecule has 1 N–H and O–H groups in total. The number of likely N-dealkylation sites (N-methyl/N-ethyl adjacent to an activating group) is 2. The molecule has 0 fully saturated rings. The van der Waals surface area contributed by atoms with E-state index < -0.39 is 0 Å². The number of amides is 1. The summed E-state index contributed by atoms with van der Waals surface area (Å²) in [6.45, 7) is 1.56. The summed E-state index contributed by atoms with van der Waals surface area (Å²) in [4.78, 5) is 14.6. The maximum Gasteiger partial charge on any atom is 0.263 e. The number of nitrogens with one attached hydrogen (secondary N) is 1. The molecule has 1 amide bonds. The van der Waals surface area contributed by atoms with E-state index in [1.165, 1.54) is 9.40 Å². The van der Waals surface area contributed by atoms with Crippen LogP contribution in [0.1, 0.15) is 9.67 Å². The van der Waals surface area contributed by atoms with Crippen molar-refractivity contribution in [2.24, 2.45) is 0 Å². The molecule has 0 aliphatic heterocycles. The third-order valence-electron chi connectivity index (χ3n) is 2.39. The van der Waals surface area contributed by atoms with Crippen molar-refractivity contribution in [3.05, 3.63) is 22.4 Å². The third kappa shape index (κ3) is 2.26. The molecule has 0 saturated heterocycles. The molecule has 5 heteroatoms. The van der Waals surface area contributed by atoms with E-state index in [0.29, 0.717) is 0 Å². The predicted molar refractivity (Wildman–Crippen MR) is 70.6 cm³/mol. The molecule has 2 heterocycles. The molecule has 0 atom stereocenters. The largest absolute Gasteiger partial charge is 0.340 e. The Balaban J connectivity index is 2.12. The molecule has 0 bridgehead atoms. The quantitative estimate of drug-likeness (QED) is 0.907. The summed E-state index contributed by atoms with van der Waals surface area (Å²) in [5.41, 5.74) is 0. The summed E-state index contributed by atoms with van der Waals surface area (Å²) >= 11 is 3.26. The molecule has 16 heavy (non-hydrogen) atoms. The highest BCUT2D eigenvalue weighted by Crippen LogP contribution is 2.30. The lowest BCUT2D eigenvalue weighted by Crippen LogP contribution is -2.32. The standard InChI is InChI=1S/C11H14N2OS2/c1-12-4-5-13(2)11(14)10-7-9-8(16-10)3-6-15-9/h3,6-7,12H,4-5H2,1-2H3. The van der Waals surface area contributed by atoms with Crippen LogP contribution in [0, 0.1) is 0 Å². The number of thiophene rings is 2. The summed E-state index contributed by atoms with van der Waals surface area (Å²) in [6, 6.07) is 4.05. The van der Waals surface area contributed by atoms with Crippen LogP contribution in [0.2, 0.25) is 0 Å². The lowest BCUT2D eigenvalue weighted by molar-refractivity contribution is 0.0801. The van der Waals surface area contributed by atoms with E-state index in [1.54, 1.807) is 27.6 Å². The van der Waals surface area contributed by atoms with Crippen molar-refractivity contribution in [2.45, 2.75) is 0 Å². The van der Waals surface area contributed by atoms with Crippen LogP contribution in [-0.2, 0) is 0 Å². The van der Waals surface area contributed by atoms with E-state index in [2.05, 4.69) is 16.8 Å². The summed E-state index contributed by atoms with van der Waals surface area (Å²) in [6.07, 6.45) is 0. The minimum absolute atomic E-state index is 0.114. The van der Waals surface area contributed by atoms with Crippen molar-refractivity contribution in [2.75, 3.05) is 27.2 Å². The average Bonchev–Trinajstić information content (AvgIpc) is 2.84. The maximum atomic E-state index is 12.0. The van der Waals surface area contributed by atoms with E-state index in [1.807, 2.05) is 20.2 Å². The molecule has 0 aliphatic carbocycles. The summed E-state index contributed by atoms with van der Waals surface area (Å²) < 4.78 is 2.41. The number of hydrogen-bond donors (Lipinski definition) is 1. The van der Waals surface area contributed by atoms with Gasteiger partial charge >= 0.3 is 0 Å². The third-order valence-corrected chi connectivity index (χ3v) is 4.48. The average molecular weight is 254 g/mol. The molecule has 2 rings (SSSR count). The summed E-state index contributed by atoms with van der Waals surface area (Å²) in [5, 5.41) is 5.09. The Labute approximate surface area is 103 Å². The van der Waals surface area contributed by atoms with Crippen molar-refractivity contribution < 1.29 is 4.79 Å². The van der Waals surface area contributed by atoms with Gasteiger partial charge in [0.15, 0.2) is 0 Å². The van der Waals surface area contributed by atoms with Gasteiger partial charge in [0.1, 0.15) is 0 Å². The van der Waals surface area contributed by atoms with Gasteiger partial charge in [-0.1, -0.05) is 0 Å². The van der Waals surface area contributed by atoms with Gasteiger partial charge in [-0.25, -0.2) is 0 Å². The van der Waals surface area contributed by atoms with Crippen LogP contribution in [-0.4, -0.2) is 38.0 Å². The lowest BCUT2D eigenvalue weighted by atomic mass is 10.4. The van der Waals surface area contributed by atoms with Crippen molar-refractivity contribution in [3.8, 4) is 0 Å². The van der Waals surface area contributed by atoms with Gasteiger partial charge in [0.05, 0.1) is 4.88 Å². The van der Waals surface area contributed by atoms with Gasteiger partial charge in [-0.3, -0.25) is 4.79 Å². The smallest absolute Gasteiger partial charge is 0.263 e. The number of fused-ring (bicyclic) bond motifs is 1. The first-order chi connectivity index (χ1) is 7.72. The second-order valence-corrected chi connectivity index (χ2v) is 5.62. The van der Waals surface area contributed by atoms with Crippen LogP contribution in [0.25, 0.3) is 9.40 Å². The Morgan fingerprint density at radius 3 is 3.00 bits per heavy atom. The Kier molecular flexibility index (Phi) is 3.58. The minimum Gasteiger partial charge on any atom is -0.340 e. The van der Waals surface area contributed by atoms with E-state index in [9.17, 15) is 4.79 Å². The highest BCUT2D eigenvalue weighted by Gasteiger charge is 2.14. The fourth-order valence-corrected chi connectivity index (χ4v) is 3.54. The first-order valence-corrected chi connectivity index (χ1v) is 6.79. The second kappa shape index (κ2) is 4.95. The monoisotopic (exact) mass is 254 g/mol. The van der Waals surface area contributed by atoms with Crippen LogP contribution in [0.15, 0.2) is 17.5 Å². The number of carbonyl (C=O) groups excluding carboxylic acids is 1. The van der Waals surface area contributed by atoms with E-state index in [0.717, 1.165) is 18.0 Å². The molecular weight excluding hydrogens is 240 g/mol. The van der Waals surface area contributed by atoms with E-state index in [-0.39, 0.29) is 5.91 Å². The van der Waals surface area contributed by atoms with E-state index >= 15 is 0 Å². The fourth-order valence-electron chi connectivity index (χ4n) is 1.44. The molecule has 0 aliphatic rings. The lowest BCUT2D eigenvalue weighted by Gasteiger charge is -2.15. The summed E-state index contributed by atoms with van der Waals surface area (Å²) in [7, 11) is 3.73. The zero-order valence-corrected chi connectivity index (χ0v) is 11.0. The number of carbonyl (C=O) groups is 1. The second-order valence-electron chi connectivity index (χ2n) is 3.59. The first-order valence-electron chi connectivity index (χ1n) is 5.09. The first kappa shape index (κ1) is 11.6. The molecule has 3 nitrogen and oxygen atoms in total. The van der Waals surface area contributed by atoms with Crippen LogP contribution in [0.3, 0.4) is 0 Å². The molecule has 0 unspecified atom stereocenters.